The van der Waals surface area contributed by atoms with Gasteiger partial charge in [-0.1, -0.05) is 121 Å². The molecule has 0 spiro atoms. The zero-order chi connectivity index (χ0) is 20.2. The Hall–Kier alpha value is -2.87. The van der Waals surface area contributed by atoms with Crippen LogP contribution in [0.4, 0.5) is 8.22 Å². The third kappa shape index (κ3) is 3.85. The highest BCUT2D eigenvalue weighted by Crippen LogP contribution is 2.19. The van der Waals surface area contributed by atoms with E-state index >= 15 is 8.22 Å². The van der Waals surface area contributed by atoms with Crippen molar-refractivity contribution in [3.05, 3.63) is 121 Å². The van der Waals surface area contributed by atoms with Gasteiger partial charge >= 0.3 is 17.3 Å². The van der Waals surface area contributed by atoms with E-state index < -0.39 is 17.3 Å². The Labute approximate surface area is 171 Å². The summed E-state index contributed by atoms with van der Waals surface area (Å²) >= 11 is 0. The van der Waals surface area contributed by atoms with Crippen LogP contribution in [0, 0.1) is 0 Å². The van der Waals surface area contributed by atoms with Gasteiger partial charge in [-0.15, -0.1) is 0 Å². The molecule has 4 aromatic rings. The Bertz CT molecular complexity index is 879. The summed E-state index contributed by atoms with van der Waals surface area (Å²) in [7, 11) is -8.63. The average molecular weight is 419 g/mol. The smallest absolute Gasteiger partial charge is 0.395 e. The molecule has 1 nitrogen and oxygen atoms in total. The first kappa shape index (κ1) is 19.5. The largest absolute Gasteiger partial charge is 0.441 e. The van der Waals surface area contributed by atoms with Crippen LogP contribution in [0.25, 0.3) is 0 Å². The zero-order valence-electron chi connectivity index (χ0n) is 15.7. The fourth-order valence-corrected chi connectivity index (χ4v) is 9.96. The van der Waals surface area contributed by atoms with E-state index in [4.69, 9.17) is 4.12 Å². The lowest BCUT2D eigenvalue weighted by atomic mass is 10.4. The molecule has 0 aliphatic heterocycles. The van der Waals surface area contributed by atoms with Gasteiger partial charge < -0.3 is 4.12 Å². The van der Waals surface area contributed by atoms with E-state index in [0.717, 1.165) is 0 Å². The maximum atomic E-state index is 16.8. The van der Waals surface area contributed by atoms with Gasteiger partial charge in [0.25, 0.3) is 0 Å². The quantitative estimate of drug-likeness (QED) is 0.344. The molecule has 144 valence electrons. The highest BCUT2D eigenvalue weighted by molar-refractivity contribution is 7.03. The average Bonchev–Trinajstić information content (AvgIpc) is 2.81. The second-order valence-corrected chi connectivity index (χ2v) is 12.3. The van der Waals surface area contributed by atoms with E-state index in [1.165, 1.54) is 0 Å². The van der Waals surface area contributed by atoms with Gasteiger partial charge in [-0.3, -0.25) is 8.22 Å². The molecule has 0 aliphatic rings. The molecule has 0 fully saturated rings. The first-order valence-electron chi connectivity index (χ1n) is 9.43. The molecule has 0 atom stereocenters. The van der Waals surface area contributed by atoms with Crippen molar-refractivity contribution in [2.24, 2.45) is 0 Å². The first-order valence-corrected chi connectivity index (χ1v) is 13.0. The molecule has 4 rings (SSSR count). The summed E-state index contributed by atoms with van der Waals surface area (Å²) in [6.07, 6.45) is 0. The second-order valence-electron chi connectivity index (χ2n) is 6.76. The molecule has 0 saturated heterocycles. The lowest BCUT2D eigenvalue weighted by Crippen LogP contribution is -2.69. The van der Waals surface area contributed by atoms with Gasteiger partial charge in [0.05, 0.1) is 0 Å². The summed E-state index contributed by atoms with van der Waals surface area (Å²) in [4.78, 5) is 0. The SMILES string of the molecule is F[Si](O[Si](F)(c1ccccc1)c1ccccc1)(c1ccccc1)c1ccccc1. The third-order valence-corrected chi connectivity index (χ3v) is 11.4. The standard InChI is InChI=1S/C24H20F2OSi2/c25-28(21-13-5-1-6-14-21,22-15-7-2-8-16-22)27-29(26,23-17-9-3-10-18-23)24-19-11-4-12-20-24/h1-20H. The topological polar surface area (TPSA) is 9.23 Å². The Morgan fingerprint density at radius 2 is 0.586 bits per heavy atom. The summed E-state index contributed by atoms with van der Waals surface area (Å²) in [5, 5.41) is 1.58. The fourth-order valence-electron chi connectivity index (χ4n) is 3.37. The maximum Gasteiger partial charge on any atom is 0.441 e. The van der Waals surface area contributed by atoms with Crippen molar-refractivity contribution >= 4 is 38.0 Å². The van der Waals surface area contributed by atoms with Crippen LogP contribution in [0.2, 0.25) is 0 Å². The van der Waals surface area contributed by atoms with Crippen LogP contribution in [-0.2, 0) is 4.12 Å². The van der Waals surface area contributed by atoms with Crippen molar-refractivity contribution in [3.8, 4) is 0 Å². The van der Waals surface area contributed by atoms with Crippen LogP contribution >= 0.6 is 0 Å². The molecule has 4 aromatic carbocycles. The van der Waals surface area contributed by atoms with Gasteiger partial charge in [-0.2, -0.15) is 0 Å². The van der Waals surface area contributed by atoms with Crippen molar-refractivity contribution < 1.29 is 12.3 Å². The second kappa shape index (κ2) is 8.25. The van der Waals surface area contributed by atoms with Crippen LogP contribution in [-0.4, -0.2) is 17.3 Å². The summed E-state index contributed by atoms with van der Waals surface area (Å²) in [5.74, 6) is 0. The molecule has 0 saturated carbocycles. The van der Waals surface area contributed by atoms with Crippen molar-refractivity contribution in [2.75, 3.05) is 0 Å². The van der Waals surface area contributed by atoms with Gasteiger partial charge in [-0.05, 0) is 0 Å². The molecular formula is C24H20F2OSi2. The monoisotopic (exact) mass is 418 g/mol. The Balaban J connectivity index is 1.91. The normalized spacial score (nSPS) is 11.9. The number of rotatable bonds is 6. The van der Waals surface area contributed by atoms with Gasteiger partial charge in [0.15, 0.2) is 0 Å². The minimum atomic E-state index is -4.32. The van der Waals surface area contributed by atoms with Gasteiger partial charge in [-0.25, -0.2) is 0 Å². The minimum Gasteiger partial charge on any atom is -0.395 e. The van der Waals surface area contributed by atoms with Gasteiger partial charge in [0, 0.05) is 20.7 Å². The lowest BCUT2D eigenvalue weighted by molar-refractivity contribution is 0.450. The summed E-state index contributed by atoms with van der Waals surface area (Å²) in [6, 6.07) is 34.8. The van der Waals surface area contributed by atoms with Crippen LogP contribution in [0.1, 0.15) is 0 Å². The molecule has 0 bridgehead atoms. The number of halogens is 2. The van der Waals surface area contributed by atoms with E-state index in [1.807, 2.05) is 24.3 Å². The summed E-state index contributed by atoms with van der Waals surface area (Å²) < 4.78 is 39.8. The lowest BCUT2D eigenvalue weighted by Gasteiger charge is -2.32. The molecule has 0 N–H and O–H groups in total. The number of hydrogen-bond acceptors (Lipinski definition) is 1. The van der Waals surface area contributed by atoms with Crippen LogP contribution in [0.15, 0.2) is 121 Å². The highest BCUT2D eigenvalue weighted by atomic mass is 28.5. The Morgan fingerprint density at radius 1 is 0.379 bits per heavy atom. The molecule has 29 heavy (non-hydrogen) atoms. The number of benzene rings is 4. The predicted molar refractivity (Wildman–Crippen MR) is 119 cm³/mol. The first-order chi connectivity index (χ1) is 14.1. The number of hydrogen-bond donors (Lipinski definition) is 0. The van der Waals surface area contributed by atoms with E-state index in [1.54, 1.807) is 97.1 Å². The Kier molecular flexibility index (Phi) is 5.53. The van der Waals surface area contributed by atoms with Crippen molar-refractivity contribution in [1.82, 2.24) is 0 Å². The van der Waals surface area contributed by atoms with Crippen LogP contribution in [0.3, 0.4) is 0 Å². The van der Waals surface area contributed by atoms with Crippen molar-refractivity contribution in [2.45, 2.75) is 0 Å². The van der Waals surface area contributed by atoms with Crippen molar-refractivity contribution in [3.63, 3.8) is 0 Å². The van der Waals surface area contributed by atoms with Gasteiger partial charge in [0.1, 0.15) is 0 Å². The molecule has 0 unspecified atom stereocenters. The van der Waals surface area contributed by atoms with E-state index in [-0.39, 0.29) is 0 Å². The fraction of sp³-hybridized carbons (Fsp3) is 0. The van der Waals surface area contributed by atoms with Crippen LogP contribution < -0.4 is 20.7 Å². The molecular weight excluding hydrogens is 398 g/mol. The molecule has 0 aliphatic carbocycles. The molecule has 0 amide bonds. The zero-order valence-corrected chi connectivity index (χ0v) is 17.7. The van der Waals surface area contributed by atoms with Crippen molar-refractivity contribution in [1.29, 1.82) is 0 Å². The third-order valence-electron chi connectivity index (χ3n) is 4.86. The minimum absolute atomic E-state index is 0.396. The molecule has 0 aromatic heterocycles. The Morgan fingerprint density at radius 3 is 0.793 bits per heavy atom. The van der Waals surface area contributed by atoms with E-state index in [2.05, 4.69) is 0 Å². The predicted octanol–water partition coefficient (Wildman–Crippen LogP) is 3.46. The van der Waals surface area contributed by atoms with E-state index in [0.29, 0.717) is 20.7 Å². The maximum absolute atomic E-state index is 16.8. The van der Waals surface area contributed by atoms with E-state index in [9.17, 15) is 0 Å². The molecule has 5 heteroatoms. The van der Waals surface area contributed by atoms with Crippen LogP contribution in [0.5, 0.6) is 0 Å². The van der Waals surface area contributed by atoms with Gasteiger partial charge in [0.2, 0.25) is 0 Å². The molecule has 0 heterocycles. The molecule has 0 radical (unpaired) electrons. The highest BCUT2D eigenvalue weighted by Gasteiger charge is 2.53. The summed E-state index contributed by atoms with van der Waals surface area (Å²) in [5.41, 5.74) is 0. The summed E-state index contributed by atoms with van der Waals surface area (Å²) in [6.45, 7) is 0.